The number of allylic oxidation sites excluding steroid dienone is 3. The molecule has 0 unspecified atom stereocenters. The smallest absolute Gasteiger partial charge is 0.0652 e. The molecule has 0 bridgehead atoms. The van der Waals surface area contributed by atoms with Gasteiger partial charge in [0.1, 0.15) is 0 Å². The fourth-order valence-corrected chi connectivity index (χ4v) is 6.63. The van der Waals surface area contributed by atoms with Gasteiger partial charge in [-0.05, 0) is 116 Å². The molecule has 3 nitrogen and oxygen atoms in total. The Morgan fingerprint density at radius 3 is 1.43 bits per heavy atom. The van der Waals surface area contributed by atoms with Crippen LogP contribution < -0.4 is 9.80 Å². The predicted molar refractivity (Wildman–Crippen MR) is 205 cm³/mol. The average molecular weight is 618 g/mol. The summed E-state index contributed by atoms with van der Waals surface area (Å²) in [6.45, 7) is 21.1. The second kappa shape index (κ2) is 17.9. The summed E-state index contributed by atoms with van der Waals surface area (Å²) in [6, 6.07) is 23.2. The van der Waals surface area contributed by atoms with E-state index < -0.39 is 0 Å². The maximum absolute atomic E-state index is 4.86. The summed E-state index contributed by atoms with van der Waals surface area (Å²) < 4.78 is 0. The van der Waals surface area contributed by atoms with E-state index in [2.05, 4.69) is 131 Å². The molecule has 46 heavy (non-hydrogen) atoms. The third kappa shape index (κ3) is 8.60. The highest BCUT2D eigenvalue weighted by molar-refractivity contribution is 6.19. The van der Waals surface area contributed by atoms with E-state index in [1.54, 1.807) is 0 Å². The van der Waals surface area contributed by atoms with Crippen LogP contribution >= 0.6 is 0 Å². The van der Waals surface area contributed by atoms with Gasteiger partial charge in [0, 0.05) is 49.7 Å². The van der Waals surface area contributed by atoms with Gasteiger partial charge in [-0.25, -0.2) is 0 Å². The molecule has 0 spiro atoms. The summed E-state index contributed by atoms with van der Waals surface area (Å²) in [4.78, 5) is 10.1. The number of hydrogen-bond acceptors (Lipinski definition) is 3. The quantitative estimate of drug-likeness (QED) is 0.150. The SMILES string of the molecule is CCCCN(CCCC)c1ccc(C(=C2C=CC(=NCC)c3ccccc32)c2ccc(N(CCCC)CCCC)cc2C)c(C)c1. The molecule has 0 atom stereocenters. The molecule has 0 N–H and O–H groups in total. The zero-order valence-electron chi connectivity index (χ0n) is 30.0. The second-order valence-corrected chi connectivity index (χ2v) is 12.9. The van der Waals surface area contributed by atoms with Crippen molar-refractivity contribution in [3.63, 3.8) is 0 Å². The van der Waals surface area contributed by atoms with Crippen LogP contribution in [0.4, 0.5) is 11.4 Å². The number of nitrogens with zero attached hydrogens (tertiary/aromatic N) is 3. The zero-order valence-corrected chi connectivity index (χ0v) is 30.0. The molecule has 4 rings (SSSR count). The third-order valence-corrected chi connectivity index (χ3v) is 9.31. The highest BCUT2D eigenvalue weighted by atomic mass is 15.1. The van der Waals surface area contributed by atoms with E-state index in [1.807, 2.05) is 0 Å². The molecule has 0 fully saturated rings. The zero-order chi connectivity index (χ0) is 32.9. The standard InChI is InChI=1S/C43H59N3/c1-8-13-27-45(28-14-9-2)35-21-23-37(33(6)31-35)43(41-25-26-42(44-12-5)40-20-18-17-19-39(40)41)38-24-22-36(32-34(38)7)46(29-15-10-3)30-16-11-4/h17-26,31-32H,8-16,27-30H2,1-7H3. The predicted octanol–water partition coefficient (Wildman–Crippen LogP) is 11.5. The van der Waals surface area contributed by atoms with Gasteiger partial charge in [-0.15, -0.1) is 0 Å². The van der Waals surface area contributed by atoms with Crippen molar-refractivity contribution in [1.29, 1.82) is 0 Å². The number of aryl methyl sites for hydroxylation is 2. The molecule has 0 saturated heterocycles. The second-order valence-electron chi connectivity index (χ2n) is 12.9. The third-order valence-electron chi connectivity index (χ3n) is 9.31. The first-order valence-electron chi connectivity index (χ1n) is 18.3. The van der Waals surface area contributed by atoms with E-state index >= 15 is 0 Å². The lowest BCUT2D eigenvalue weighted by Crippen LogP contribution is -2.25. The fourth-order valence-electron chi connectivity index (χ4n) is 6.63. The molecule has 0 heterocycles. The molecule has 1 aliphatic carbocycles. The van der Waals surface area contributed by atoms with E-state index in [-0.39, 0.29) is 0 Å². The summed E-state index contributed by atoms with van der Waals surface area (Å²) in [6.07, 6.45) is 14.3. The van der Waals surface area contributed by atoms with Gasteiger partial charge in [-0.1, -0.05) is 95.9 Å². The molecule has 0 radical (unpaired) electrons. The van der Waals surface area contributed by atoms with Crippen LogP contribution in [0.15, 0.2) is 77.8 Å². The van der Waals surface area contributed by atoms with Gasteiger partial charge < -0.3 is 9.80 Å². The minimum Gasteiger partial charge on any atom is -0.372 e. The van der Waals surface area contributed by atoms with Gasteiger partial charge in [0.15, 0.2) is 0 Å². The minimum absolute atomic E-state index is 0.778. The van der Waals surface area contributed by atoms with Crippen molar-refractivity contribution in [3.05, 3.63) is 106 Å². The van der Waals surface area contributed by atoms with E-state index in [4.69, 9.17) is 4.99 Å². The Hall–Kier alpha value is -3.59. The molecule has 0 aliphatic heterocycles. The average Bonchev–Trinajstić information content (AvgIpc) is 3.07. The molecule has 0 saturated carbocycles. The lowest BCUT2D eigenvalue weighted by Gasteiger charge is -2.28. The van der Waals surface area contributed by atoms with E-state index in [9.17, 15) is 0 Å². The van der Waals surface area contributed by atoms with Crippen LogP contribution in [0.2, 0.25) is 0 Å². The lowest BCUT2D eigenvalue weighted by atomic mass is 9.81. The van der Waals surface area contributed by atoms with Gasteiger partial charge in [-0.3, -0.25) is 4.99 Å². The van der Waals surface area contributed by atoms with Crippen LogP contribution in [0, 0.1) is 13.8 Å². The normalized spacial score (nSPS) is 13.3. The first-order valence-corrected chi connectivity index (χ1v) is 18.3. The van der Waals surface area contributed by atoms with Gasteiger partial charge in [-0.2, -0.15) is 0 Å². The number of hydrogen-bond donors (Lipinski definition) is 0. The van der Waals surface area contributed by atoms with Crippen molar-refractivity contribution >= 4 is 28.2 Å². The highest BCUT2D eigenvalue weighted by Gasteiger charge is 2.23. The van der Waals surface area contributed by atoms with Crippen LogP contribution in [0.3, 0.4) is 0 Å². The number of rotatable bonds is 17. The molecule has 3 heteroatoms. The van der Waals surface area contributed by atoms with Crippen molar-refractivity contribution < 1.29 is 0 Å². The topological polar surface area (TPSA) is 18.8 Å². The van der Waals surface area contributed by atoms with E-state index in [1.165, 1.54) is 107 Å². The van der Waals surface area contributed by atoms with Gasteiger partial charge in [0.05, 0.1) is 5.71 Å². The van der Waals surface area contributed by atoms with Crippen molar-refractivity contribution in [2.75, 3.05) is 42.5 Å². The largest absolute Gasteiger partial charge is 0.372 e. The minimum atomic E-state index is 0.778. The maximum atomic E-state index is 4.86. The molecule has 0 amide bonds. The summed E-state index contributed by atoms with van der Waals surface area (Å²) in [5.74, 6) is 0. The Morgan fingerprint density at radius 1 is 0.565 bits per heavy atom. The number of fused-ring (bicyclic) bond motifs is 1. The Bertz CT molecular complexity index is 1420. The summed E-state index contributed by atoms with van der Waals surface area (Å²) >= 11 is 0. The maximum Gasteiger partial charge on any atom is 0.0652 e. The Kier molecular flexibility index (Phi) is 13.7. The molecule has 246 valence electrons. The summed E-state index contributed by atoms with van der Waals surface area (Å²) in [7, 11) is 0. The Morgan fingerprint density at radius 2 is 1.02 bits per heavy atom. The first kappa shape index (κ1) is 35.3. The Labute approximate surface area is 281 Å². The van der Waals surface area contributed by atoms with Crippen molar-refractivity contribution in [2.24, 2.45) is 4.99 Å². The molecule has 3 aromatic carbocycles. The van der Waals surface area contributed by atoms with Crippen molar-refractivity contribution in [3.8, 4) is 0 Å². The van der Waals surface area contributed by atoms with Gasteiger partial charge in [0.25, 0.3) is 0 Å². The molecule has 1 aliphatic rings. The van der Waals surface area contributed by atoms with Gasteiger partial charge >= 0.3 is 0 Å². The van der Waals surface area contributed by atoms with Crippen molar-refractivity contribution in [2.45, 2.75) is 99.8 Å². The van der Waals surface area contributed by atoms with E-state index in [0.29, 0.717) is 0 Å². The monoisotopic (exact) mass is 617 g/mol. The Balaban J connectivity index is 1.91. The van der Waals surface area contributed by atoms with Crippen molar-refractivity contribution in [1.82, 2.24) is 0 Å². The van der Waals surface area contributed by atoms with Crippen LogP contribution in [-0.4, -0.2) is 38.4 Å². The molecular weight excluding hydrogens is 558 g/mol. The number of anilines is 2. The number of unbranched alkanes of at least 4 members (excludes halogenated alkanes) is 4. The molecule has 0 aromatic heterocycles. The lowest BCUT2D eigenvalue weighted by molar-refractivity contribution is 0.678. The summed E-state index contributed by atoms with van der Waals surface area (Å²) in [5.41, 5.74) is 14.1. The number of benzene rings is 3. The van der Waals surface area contributed by atoms with Crippen LogP contribution in [0.5, 0.6) is 0 Å². The molecule has 3 aromatic rings. The van der Waals surface area contributed by atoms with Crippen LogP contribution in [-0.2, 0) is 0 Å². The fraction of sp³-hybridized carbons (Fsp3) is 0.465. The van der Waals surface area contributed by atoms with Gasteiger partial charge in [0.2, 0.25) is 0 Å². The van der Waals surface area contributed by atoms with E-state index in [0.717, 1.165) is 38.4 Å². The van der Waals surface area contributed by atoms with Crippen LogP contribution in [0.25, 0.3) is 11.1 Å². The molecular formula is C43H59N3. The number of aliphatic imine (C=N–C) groups is 1. The van der Waals surface area contributed by atoms with Crippen LogP contribution in [0.1, 0.15) is 119 Å². The first-order chi connectivity index (χ1) is 22.5. The summed E-state index contributed by atoms with van der Waals surface area (Å²) in [5, 5.41) is 0. The highest BCUT2D eigenvalue weighted by Crippen LogP contribution is 2.41.